The zero-order valence-electron chi connectivity index (χ0n) is 14.8. The first-order valence-electron chi connectivity index (χ1n) is 8.44. The molecule has 0 N–H and O–H groups in total. The number of rotatable bonds is 5. The zero-order valence-corrected chi connectivity index (χ0v) is 15.6. The molecule has 0 unspecified atom stereocenters. The van der Waals surface area contributed by atoms with Crippen LogP contribution in [0.15, 0.2) is 33.9 Å². The molecule has 1 saturated heterocycles. The molecule has 0 bridgehead atoms. The summed E-state index contributed by atoms with van der Waals surface area (Å²) in [5.74, 6) is 2.62. The molecule has 134 valence electrons. The van der Waals surface area contributed by atoms with Gasteiger partial charge in [0.2, 0.25) is 5.91 Å². The topological polar surface area (TPSA) is 68.5 Å². The summed E-state index contributed by atoms with van der Waals surface area (Å²) >= 11 is 1.28. The Hall–Kier alpha value is -2.02. The first-order chi connectivity index (χ1) is 12.1. The van der Waals surface area contributed by atoms with E-state index in [9.17, 15) is 4.79 Å². The predicted octanol–water partition coefficient (Wildman–Crippen LogP) is 3.34. The molecule has 0 aliphatic carbocycles. The number of carbonyl (C=O) groups is 1. The zero-order chi connectivity index (χ0) is 17.8. The van der Waals surface area contributed by atoms with Gasteiger partial charge in [0, 0.05) is 13.1 Å². The number of para-hydroxylation sites is 1. The van der Waals surface area contributed by atoms with E-state index in [1.807, 2.05) is 29.2 Å². The average Bonchev–Trinajstić information content (AvgIpc) is 3.07. The van der Waals surface area contributed by atoms with Gasteiger partial charge in [0.15, 0.2) is 0 Å². The Morgan fingerprint density at radius 2 is 2.00 bits per heavy atom. The van der Waals surface area contributed by atoms with Gasteiger partial charge in [-0.25, -0.2) is 0 Å². The van der Waals surface area contributed by atoms with Crippen molar-refractivity contribution in [3.63, 3.8) is 0 Å². The van der Waals surface area contributed by atoms with Crippen LogP contribution >= 0.6 is 11.8 Å². The van der Waals surface area contributed by atoms with Crippen molar-refractivity contribution in [3.8, 4) is 17.2 Å². The fraction of sp³-hybridized carbons (Fsp3) is 0.500. The number of nitrogens with zero attached hydrogens (tertiary/aromatic N) is 3. The van der Waals surface area contributed by atoms with E-state index in [0.717, 1.165) is 18.7 Å². The van der Waals surface area contributed by atoms with Crippen LogP contribution in [-0.4, -0.2) is 47.0 Å². The van der Waals surface area contributed by atoms with E-state index in [1.54, 1.807) is 7.11 Å². The van der Waals surface area contributed by atoms with E-state index in [-0.39, 0.29) is 5.91 Å². The highest BCUT2D eigenvalue weighted by molar-refractivity contribution is 7.99. The SMILES string of the molecule is COc1ccccc1-c1nnc(SCC(=O)N2C[C@@H](C)C[C@H](C)C2)o1. The van der Waals surface area contributed by atoms with Gasteiger partial charge in [-0.05, 0) is 30.4 Å². The molecule has 7 heteroatoms. The maximum atomic E-state index is 12.4. The number of hydrogen-bond donors (Lipinski definition) is 0. The minimum Gasteiger partial charge on any atom is -0.496 e. The summed E-state index contributed by atoms with van der Waals surface area (Å²) < 4.78 is 11.0. The van der Waals surface area contributed by atoms with Gasteiger partial charge >= 0.3 is 0 Å². The standard InChI is InChI=1S/C18H23N3O3S/c1-12-8-13(2)10-21(9-12)16(22)11-25-18-20-19-17(24-18)14-6-4-5-7-15(14)23-3/h4-7,12-13H,8-11H2,1-3H3/t12-,13-/m0/s1. The number of likely N-dealkylation sites (tertiary alicyclic amines) is 1. The van der Waals surface area contributed by atoms with Gasteiger partial charge in [0.05, 0.1) is 18.4 Å². The van der Waals surface area contributed by atoms with Gasteiger partial charge in [0.1, 0.15) is 5.75 Å². The normalized spacial score (nSPS) is 20.5. The van der Waals surface area contributed by atoms with Crippen LogP contribution in [0.4, 0.5) is 0 Å². The fourth-order valence-corrected chi connectivity index (χ4v) is 3.95. The highest BCUT2D eigenvalue weighted by atomic mass is 32.2. The molecule has 0 spiro atoms. The smallest absolute Gasteiger partial charge is 0.277 e. The molecule has 1 aromatic carbocycles. The first-order valence-corrected chi connectivity index (χ1v) is 9.43. The highest BCUT2D eigenvalue weighted by Crippen LogP contribution is 2.30. The Balaban J connectivity index is 1.61. The van der Waals surface area contributed by atoms with Gasteiger partial charge < -0.3 is 14.1 Å². The molecule has 2 heterocycles. The first kappa shape index (κ1) is 17.8. The molecule has 25 heavy (non-hydrogen) atoms. The molecule has 3 rings (SSSR count). The number of methoxy groups -OCH3 is 1. The lowest BCUT2D eigenvalue weighted by Gasteiger charge is -2.34. The number of ether oxygens (including phenoxy) is 1. The van der Waals surface area contributed by atoms with Crippen LogP contribution in [0, 0.1) is 11.8 Å². The number of carbonyl (C=O) groups excluding carboxylic acids is 1. The van der Waals surface area contributed by atoms with Crippen molar-refractivity contribution in [2.45, 2.75) is 25.5 Å². The van der Waals surface area contributed by atoms with E-state index in [4.69, 9.17) is 9.15 Å². The summed E-state index contributed by atoms with van der Waals surface area (Å²) in [6.07, 6.45) is 1.18. The molecule has 1 aliphatic heterocycles. The number of amides is 1. The lowest BCUT2D eigenvalue weighted by atomic mass is 9.92. The Morgan fingerprint density at radius 3 is 2.72 bits per heavy atom. The molecule has 6 nitrogen and oxygen atoms in total. The minimum absolute atomic E-state index is 0.125. The molecular formula is C18H23N3O3S. The van der Waals surface area contributed by atoms with E-state index in [1.165, 1.54) is 18.2 Å². The van der Waals surface area contributed by atoms with Gasteiger partial charge in [-0.15, -0.1) is 10.2 Å². The average molecular weight is 361 g/mol. The summed E-state index contributed by atoms with van der Waals surface area (Å²) in [7, 11) is 1.60. The maximum absolute atomic E-state index is 12.4. The molecule has 1 amide bonds. The fourth-order valence-electron chi connectivity index (χ4n) is 3.28. The van der Waals surface area contributed by atoms with Gasteiger partial charge in [0.25, 0.3) is 11.1 Å². The lowest BCUT2D eigenvalue weighted by Crippen LogP contribution is -2.43. The molecule has 0 saturated carbocycles. The van der Waals surface area contributed by atoms with Crippen LogP contribution < -0.4 is 4.74 Å². The van der Waals surface area contributed by atoms with Crippen molar-refractivity contribution >= 4 is 17.7 Å². The van der Waals surface area contributed by atoms with Crippen LogP contribution in [0.3, 0.4) is 0 Å². The van der Waals surface area contributed by atoms with Crippen LogP contribution in [0.5, 0.6) is 5.75 Å². The third kappa shape index (κ3) is 4.34. The Morgan fingerprint density at radius 1 is 1.28 bits per heavy atom. The minimum atomic E-state index is 0.125. The van der Waals surface area contributed by atoms with Crippen molar-refractivity contribution in [1.29, 1.82) is 0 Å². The van der Waals surface area contributed by atoms with Gasteiger partial charge in [-0.3, -0.25) is 4.79 Å². The Bertz CT molecular complexity index is 724. The summed E-state index contributed by atoms with van der Waals surface area (Å²) in [6.45, 7) is 6.06. The Labute approximate surface area is 151 Å². The molecular weight excluding hydrogens is 338 g/mol. The summed E-state index contributed by atoms with van der Waals surface area (Å²) in [5, 5.41) is 8.50. The van der Waals surface area contributed by atoms with Crippen molar-refractivity contribution < 1.29 is 13.9 Å². The van der Waals surface area contributed by atoms with Crippen LogP contribution in [0.2, 0.25) is 0 Å². The van der Waals surface area contributed by atoms with Crippen LogP contribution in [-0.2, 0) is 4.79 Å². The maximum Gasteiger partial charge on any atom is 0.277 e. The van der Waals surface area contributed by atoms with Crippen molar-refractivity contribution in [2.75, 3.05) is 26.0 Å². The summed E-state index contributed by atoms with van der Waals surface area (Å²) in [6, 6.07) is 7.47. The Kier molecular flexibility index (Phi) is 5.63. The van der Waals surface area contributed by atoms with Crippen molar-refractivity contribution in [2.24, 2.45) is 11.8 Å². The number of hydrogen-bond acceptors (Lipinski definition) is 6. The number of piperidine rings is 1. The number of thioether (sulfide) groups is 1. The summed E-state index contributed by atoms with van der Waals surface area (Å²) in [4.78, 5) is 14.4. The van der Waals surface area contributed by atoms with E-state index in [0.29, 0.717) is 34.5 Å². The largest absolute Gasteiger partial charge is 0.496 e. The quantitative estimate of drug-likeness (QED) is 0.761. The van der Waals surface area contributed by atoms with E-state index < -0.39 is 0 Å². The second kappa shape index (κ2) is 7.91. The van der Waals surface area contributed by atoms with Crippen LogP contribution in [0.25, 0.3) is 11.5 Å². The third-order valence-electron chi connectivity index (χ3n) is 4.28. The molecule has 2 aromatic rings. The van der Waals surface area contributed by atoms with Gasteiger partial charge in [-0.2, -0.15) is 0 Å². The highest BCUT2D eigenvalue weighted by Gasteiger charge is 2.25. The second-order valence-corrected chi connectivity index (χ2v) is 7.53. The molecule has 2 atom stereocenters. The van der Waals surface area contributed by atoms with Crippen molar-refractivity contribution in [3.05, 3.63) is 24.3 Å². The van der Waals surface area contributed by atoms with E-state index in [2.05, 4.69) is 24.0 Å². The molecule has 0 radical (unpaired) electrons. The molecule has 1 aromatic heterocycles. The third-order valence-corrected chi connectivity index (χ3v) is 5.09. The molecule has 1 aliphatic rings. The lowest BCUT2D eigenvalue weighted by molar-refractivity contribution is -0.130. The van der Waals surface area contributed by atoms with Gasteiger partial charge in [-0.1, -0.05) is 37.7 Å². The van der Waals surface area contributed by atoms with Crippen LogP contribution in [0.1, 0.15) is 20.3 Å². The monoisotopic (exact) mass is 361 g/mol. The van der Waals surface area contributed by atoms with Crippen molar-refractivity contribution in [1.82, 2.24) is 15.1 Å². The number of benzene rings is 1. The number of aromatic nitrogens is 2. The molecule has 1 fully saturated rings. The predicted molar refractivity (Wildman–Crippen MR) is 96.5 cm³/mol. The second-order valence-electron chi connectivity index (χ2n) is 6.61. The summed E-state index contributed by atoms with van der Waals surface area (Å²) in [5.41, 5.74) is 0.745. The van der Waals surface area contributed by atoms with E-state index >= 15 is 0 Å².